The van der Waals surface area contributed by atoms with Gasteiger partial charge in [0.1, 0.15) is 6.04 Å². The zero-order chi connectivity index (χ0) is 25.8. The number of benzene rings is 3. The first kappa shape index (κ1) is 23.2. The molecule has 0 bridgehead atoms. The van der Waals surface area contributed by atoms with Crippen molar-refractivity contribution in [3.8, 4) is 0 Å². The molecule has 3 aliphatic heterocycles. The van der Waals surface area contributed by atoms with E-state index in [-0.39, 0.29) is 17.6 Å². The predicted molar refractivity (Wildman–Crippen MR) is 140 cm³/mol. The number of imide groups is 1. The molecule has 3 aliphatic rings. The first-order chi connectivity index (χ1) is 17.8. The summed E-state index contributed by atoms with van der Waals surface area (Å²) >= 11 is 5.99. The van der Waals surface area contributed by atoms with Crippen molar-refractivity contribution in [2.45, 2.75) is 19.0 Å². The van der Waals surface area contributed by atoms with E-state index in [1.54, 1.807) is 48.5 Å². The monoisotopic (exact) mass is 511 g/mol. The largest absolute Gasteiger partial charge is 0.357 e. The van der Waals surface area contributed by atoms with Gasteiger partial charge in [0.15, 0.2) is 5.78 Å². The van der Waals surface area contributed by atoms with Crippen molar-refractivity contribution in [1.29, 1.82) is 0 Å². The Kier molecular flexibility index (Phi) is 5.46. The van der Waals surface area contributed by atoms with Gasteiger partial charge < -0.3 is 10.2 Å². The zero-order valence-corrected chi connectivity index (χ0v) is 20.6. The third-order valence-corrected chi connectivity index (χ3v) is 7.63. The van der Waals surface area contributed by atoms with Crippen LogP contribution in [-0.4, -0.2) is 34.4 Å². The summed E-state index contributed by atoms with van der Waals surface area (Å²) in [6.07, 6.45) is 3.71. The van der Waals surface area contributed by atoms with E-state index < -0.39 is 29.8 Å². The normalized spacial score (nSPS) is 23.5. The summed E-state index contributed by atoms with van der Waals surface area (Å²) in [4.78, 5) is 56.2. The number of ketones is 1. The highest BCUT2D eigenvalue weighted by Gasteiger charge is 2.64. The molecule has 6 rings (SSSR count). The van der Waals surface area contributed by atoms with Gasteiger partial charge in [0.2, 0.25) is 17.7 Å². The molecule has 2 saturated heterocycles. The average Bonchev–Trinajstić information content (AvgIpc) is 3.38. The highest BCUT2D eigenvalue weighted by atomic mass is 35.5. The first-order valence-corrected chi connectivity index (χ1v) is 12.3. The molecule has 2 fully saturated rings. The van der Waals surface area contributed by atoms with E-state index in [2.05, 4.69) is 5.32 Å². The molecule has 8 heteroatoms. The summed E-state index contributed by atoms with van der Waals surface area (Å²) in [5.74, 6) is -2.89. The summed E-state index contributed by atoms with van der Waals surface area (Å²) < 4.78 is 0. The number of rotatable bonds is 4. The second-order valence-electron chi connectivity index (χ2n) is 9.44. The molecule has 3 aromatic rings. The standard InChI is InChI=1S/C29H22ClN3O4/c1-16(34)17-6-12-21(13-7-17)33-28(36)23-24(29(33)37)26(27(35)31-20-10-8-19(30)9-11-20)32-15-14-18-4-2-3-5-22(18)25(23)32/h2-15,23-26H,1H3,(H,31,35)/t23-,24+,25?,26-/m1/s1. The lowest BCUT2D eigenvalue weighted by molar-refractivity contribution is -0.128. The summed E-state index contributed by atoms with van der Waals surface area (Å²) in [7, 11) is 0. The summed E-state index contributed by atoms with van der Waals surface area (Å²) in [6, 6.07) is 19.5. The molecule has 0 aromatic heterocycles. The molecule has 3 heterocycles. The van der Waals surface area contributed by atoms with Crippen LogP contribution in [0.5, 0.6) is 0 Å². The summed E-state index contributed by atoms with van der Waals surface area (Å²) in [5, 5.41) is 3.44. The highest BCUT2D eigenvalue weighted by Crippen LogP contribution is 2.53. The fraction of sp³-hybridized carbons (Fsp3) is 0.172. The lowest BCUT2D eigenvalue weighted by atomic mass is 9.84. The van der Waals surface area contributed by atoms with E-state index in [0.29, 0.717) is 22.0 Å². The Hall–Kier alpha value is -4.23. The topological polar surface area (TPSA) is 86.8 Å². The molecule has 0 spiro atoms. The molecule has 0 aliphatic carbocycles. The number of halogens is 1. The van der Waals surface area contributed by atoms with Crippen LogP contribution in [0.25, 0.3) is 6.08 Å². The molecule has 184 valence electrons. The van der Waals surface area contributed by atoms with Gasteiger partial charge in [0.25, 0.3) is 0 Å². The van der Waals surface area contributed by atoms with Crippen molar-refractivity contribution in [2.24, 2.45) is 11.8 Å². The molecular weight excluding hydrogens is 490 g/mol. The highest BCUT2D eigenvalue weighted by molar-refractivity contribution is 6.30. The smallest absolute Gasteiger partial charge is 0.247 e. The number of Topliss-reactive ketones (excluding diaryl/α,β-unsaturated/α-hetero) is 1. The van der Waals surface area contributed by atoms with E-state index >= 15 is 0 Å². The number of carbonyl (C=O) groups is 4. The van der Waals surface area contributed by atoms with Crippen molar-refractivity contribution in [3.05, 3.63) is 101 Å². The Labute approximate surface area is 218 Å². The SMILES string of the molecule is CC(=O)c1ccc(N2C(=O)[C@H]3[C@@H](C2=O)C2c4ccccc4C=CN2[C@H]3C(=O)Nc2ccc(Cl)cc2)cc1. The number of fused-ring (bicyclic) bond motifs is 5. The van der Waals surface area contributed by atoms with Crippen molar-refractivity contribution in [1.82, 2.24) is 4.90 Å². The van der Waals surface area contributed by atoms with Crippen LogP contribution in [0.2, 0.25) is 5.02 Å². The molecular formula is C29H22ClN3O4. The van der Waals surface area contributed by atoms with E-state index in [0.717, 1.165) is 11.1 Å². The fourth-order valence-electron chi connectivity index (χ4n) is 5.71. The van der Waals surface area contributed by atoms with Crippen molar-refractivity contribution in [2.75, 3.05) is 10.2 Å². The number of anilines is 2. The summed E-state index contributed by atoms with van der Waals surface area (Å²) in [6.45, 7) is 1.46. The van der Waals surface area contributed by atoms with Gasteiger partial charge in [-0.25, -0.2) is 4.90 Å². The van der Waals surface area contributed by atoms with Gasteiger partial charge in [-0.2, -0.15) is 0 Å². The Bertz CT molecular complexity index is 1480. The Morgan fingerprint density at radius 3 is 2.24 bits per heavy atom. The van der Waals surface area contributed by atoms with Crippen LogP contribution in [-0.2, 0) is 14.4 Å². The first-order valence-electron chi connectivity index (χ1n) is 11.9. The van der Waals surface area contributed by atoms with E-state index in [4.69, 9.17) is 11.6 Å². The van der Waals surface area contributed by atoms with Gasteiger partial charge in [0, 0.05) is 22.5 Å². The lowest BCUT2D eigenvalue weighted by Crippen LogP contribution is -2.46. The zero-order valence-electron chi connectivity index (χ0n) is 19.8. The summed E-state index contributed by atoms with van der Waals surface area (Å²) in [5.41, 5.74) is 3.27. The quantitative estimate of drug-likeness (QED) is 0.405. The number of amides is 3. The minimum atomic E-state index is -0.895. The Morgan fingerprint density at radius 1 is 0.865 bits per heavy atom. The van der Waals surface area contributed by atoms with Gasteiger partial charge in [-0.05, 0) is 72.7 Å². The van der Waals surface area contributed by atoms with E-state index in [1.807, 2.05) is 41.4 Å². The van der Waals surface area contributed by atoms with Gasteiger partial charge in [-0.1, -0.05) is 35.9 Å². The number of carbonyl (C=O) groups excluding carboxylic acids is 4. The number of hydrogen-bond donors (Lipinski definition) is 1. The Morgan fingerprint density at radius 2 is 1.54 bits per heavy atom. The minimum absolute atomic E-state index is 0.109. The molecule has 1 unspecified atom stereocenters. The molecule has 37 heavy (non-hydrogen) atoms. The maximum absolute atomic E-state index is 13.9. The van der Waals surface area contributed by atoms with Crippen molar-refractivity contribution >= 4 is 52.6 Å². The molecule has 7 nitrogen and oxygen atoms in total. The van der Waals surface area contributed by atoms with Crippen LogP contribution in [0.4, 0.5) is 11.4 Å². The van der Waals surface area contributed by atoms with Gasteiger partial charge in [-0.3, -0.25) is 19.2 Å². The molecule has 0 radical (unpaired) electrons. The second kappa shape index (κ2) is 8.71. The van der Waals surface area contributed by atoms with Crippen molar-refractivity contribution in [3.63, 3.8) is 0 Å². The molecule has 4 atom stereocenters. The maximum atomic E-state index is 13.9. The van der Waals surface area contributed by atoms with Crippen LogP contribution < -0.4 is 10.2 Å². The third kappa shape index (κ3) is 3.65. The van der Waals surface area contributed by atoms with E-state index in [1.165, 1.54) is 11.8 Å². The number of nitrogens with zero attached hydrogens (tertiary/aromatic N) is 2. The van der Waals surface area contributed by atoms with Gasteiger partial charge >= 0.3 is 0 Å². The van der Waals surface area contributed by atoms with Crippen LogP contribution >= 0.6 is 11.6 Å². The maximum Gasteiger partial charge on any atom is 0.247 e. The minimum Gasteiger partial charge on any atom is -0.357 e. The Balaban J connectivity index is 1.42. The average molecular weight is 512 g/mol. The number of nitrogens with one attached hydrogen (secondary N) is 1. The predicted octanol–water partition coefficient (Wildman–Crippen LogP) is 4.70. The molecule has 3 aromatic carbocycles. The lowest BCUT2D eigenvalue weighted by Gasteiger charge is -2.35. The number of hydrogen-bond acceptors (Lipinski definition) is 5. The van der Waals surface area contributed by atoms with Crippen LogP contribution in [0.3, 0.4) is 0 Å². The second-order valence-corrected chi connectivity index (χ2v) is 9.88. The van der Waals surface area contributed by atoms with E-state index in [9.17, 15) is 19.2 Å². The van der Waals surface area contributed by atoms with Gasteiger partial charge in [0.05, 0.1) is 23.6 Å². The van der Waals surface area contributed by atoms with Crippen LogP contribution in [0.15, 0.2) is 79.0 Å². The third-order valence-electron chi connectivity index (χ3n) is 7.37. The van der Waals surface area contributed by atoms with Crippen molar-refractivity contribution < 1.29 is 19.2 Å². The van der Waals surface area contributed by atoms with Gasteiger partial charge in [-0.15, -0.1) is 0 Å². The molecule has 0 saturated carbocycles. The molecule has 1 N–H and O–H groups in total. The molecule has 3 amide bonds. The fourth-order valence-corrected chi connectivity index (χ4v) is 5.83. The van der Waals surface area contributed by atoms with Crippen LogP contribution in [0, 0.1) is 11.8 Å². The van der Waals surface area contributed by atoms with Crippen LogP contribution in [0.1, 0.15) is 34.5 Å².